The number of amides is 2. The second-order valence-electron chi connectivity index (χ2n) is 7.09. The van der Waals surface area contributed by atoms with E-state index in [0.717, 1.165) is 25.9 Å². The molecule has 4 nitrogen and oxygen atoms in total. The number of nitrogens with zero attached hydrogens (tertiary/aromatic N) is 1. The summed E-state index contributed by atoms with van der Waals surface area (Å²) in [5.74, 6) is 0.0129. The highest BCUT2D eigenvalue weighted by molar-refractivity contribution is 5.98. The van der Waals surface area contributed by atoms with E-state index in [0.29, 0.717) is 19.5 Å². The third-order valence-electron chi connectivity index (χ3n) is 5.30. The van der Waals surface area contributed by atoms with Crippen molar-refractivity contribution in [1.29, 1.82) is 0 Å². The van der Waals surface area contributed by atoms with E-state index < -0.39 is 0 Å². The molecule has 1 saturated heterocycles. The molecule has 0 spiro atoms. The summed E-state index contributed by atoms with van der Waals surface area (Å²) in [7, 11) is 0. The minimum absolute atomic E-state index is 0.00644. The Balaban J connectivity index is 1.67. The topological polar surface area (TPSA) is 41.8 Å². The van der Waals surface area contributed by atoms with Crippen LogP contribution in [-0.4, -0.2) is 29.9 Å². The molecule has 0 saturated carbocycles. The highest BCUT2D eigenvalue weighted by Gasteiger charge is 2.40. The molecule has 2 amide bonds. The van der Waals surface area contributed by atoms with Crippen LogP contribution < -0.4 is 4.90 Å². The lowest BCUT2D eigenvalue weighted by Gasteiger charge is -2.38. The second kappa shape index (κ2) is 5.84. The molecule has 1 unspecified atom stereocenters. The quantitative estimate of drug-likeness (QED) is 0.851. The van der Waals surface area contributed by atoms with Gasteiger partial charge in [0.2, 0.25) is 11.8 Å². The van der Waals surface area contributed by atoms with Crippen molar-refractivity contribution in [1.82, 2.24) is 4.90 Å². The number of rotatable bonds is 3. The molecular formula is C18H25N2O2+. The molecule has 0 radical (unpaired) electrons. The van der Waals surface area contributed by atoms with E-state index in [2.05, 4.69) is 31.2 Å². The molecule has 3 rings (SSSR count). The van der Waals surface area contributed by atoms with E-state index >= 15 is 0 Å². The molecule has 4 heteroatoms. The molecule has 2 heterocycles. The number of benzene rings is 1. The summed E-state index contributed by atoms with van der Waals surface area (Å²) in [6.45, 7) is 6.51. The molecule has 118 valence electrons. The first-order valence-corrected chi connectivity index (χ1v) is 8.24. The van der Waals surface area contributed by atoms with Gasteiger partial charge in [0.25, 0.3) is 0 Å². The van der Waals surface area contributed by atoms with Gasteiger partial charge in [0.1, 0.15) is 6.54 Å². The number of carbonyl (C=O) groups is 2. The van der Waals surface area contributed by atoms with Crippen LogP contribution in [0.5, 0.6) is 0 Å². The van der Waals surface area contributed by atoms with Crippen molar-refractivity contribution < 1.29 is 14.5 Å². The Labute approximate surface area is 132 Å². The standard InChI is InChI=1S/C18H24N2O2/c1-3-18(2)10-16(21)20(17(22)11-18)13-19-9-8-14-6-4-5-7-15(14)12-19/h4-7H,3,8-13H2,1-2H3/p+1. The van der Waals surface area contributed by atoms with E-state index in [9.17, 15) is 9.59 Å². The highest BCUT2D eigenvalue weighted by Crippen LogP contribution is 2.34. The summed E-state index contributed by atoms with van der Waals surface area (Å²) < 4.78 is 0. The summed E-state index contributed by atoms with van der Waals surface area (Å²) in [4.78, 5) is 27.6. The minimum atomic E-state index is -0.144. The van der Waals surface area contributed by atoms with Crippen molar-refractivity contribution in [3.63, 3.8) is 0 Å². The average molecular weight is 301 g/mol. The SMILES string of the molecule is CCC1(C)CC(=O)N(C[NH+]2CCc3ccccc3C2)C(=O)C1. The summed E-state index contributed by atoms with van der Waals surface area (Å²) >= 11 is 0. The Morgan fingerprint density at radius 1 is 1.14 bits per heavy atom. The summed E-state index contributed by atoms with van der Waals surface area (Å²) in [6, 6.07) is 8.47. The first kappa shape index (κ1) is 15.2. The zero-order valence-corrected chi connectivity index (χ0v) is 13.5. The highest BCUT2D eigenvalue weighted by atomic mass is 16.2. The van der Waals surface area contributed by atoms with Crippen LogP contribution in [0.4, 0.5) is 0 Å². The van der Waals surface area contributed by atoms with Gasteiger partial charge in [-0.05, 0) is 17.4 Å². The molecule has 0 aliphatic carbocycles. The van der Waals surface area contributed by atoms with Gasteiger partial charge in [0.15, 0.2) is 6.67 Å². The molecule has 1 atom stereocenters. The molecule has 1 aromatic carbocycles. The van der Waals surface area contributed by atoms with Crippen LogP contribution >= 0.6 is 0 Å². The van der Waals surface area contributed by atoms with E-state index in [-0.39, 0.29) is 17.2 Å². The van der Waals surface area contributed by atoms with Crippen molar-refractivity contribution in [3.8, 4) is 0 Å². The fourth-order valence-electron chi connectivity index (χ4n) is 3.55. The molecule has 22 heavy (non-hydrogen) atoms. The minimum Gasteiger partial charge on any atom is -0.313 e. The third-order valence-corrected chi connectivity index (χ3v) is 5.30. The largest absolute Gasteiger partial charge is 0.313 e. The van der Waals surface area contributed by atoms with Gasteiger partial charge < -0.3 is 4.90 Å². The van der Waals surface area contributed by atoms with Crippen molar-refractivity contribution in [2.45, 2.75) is 46.1 Å². The number of nitrogens with one attached hydrogen (secondary N) is 1. The first-order chi connectivity index (χ1) is 10.5. The Morgan fingerprint density at radius 2 is 1.77 bits per heavy atom. The van der Waals surface area contributed by atoms with Crippen LogP contribution in [0.1, 0.15) is 44.2 Å². The summed E-state index contributed by atoms with van der Waals surface area (Å²) in [5, 5.41) is 0. The van der Waals surface area contributed by atoms with Gasteiger partial charge in [-0.15, -0.1) is 0 Å². The van der Waals surface area contributed by atoms with Crippen LogP contribution in [-0.2, 0) is 22.6 Å². The van der Waals surface area contributed by atoms with E-state index in [4.69, 9.17) is 0 Å². The molecule has 2 aliphatic rings. The molecule has 1 aromatic rings. The van der Waals surface area contributed by atoms with Gasteiger partial charge in [-0.2, -0.15) is 0 Å². The summed E-state index contributed by atoms with van der Waals surface area (Å²) in [6.07, 6.45) is 2.90. The Bertz CT molecular complexity index is 579. The monoisotopic (exact) mass is 301 g/mol. The molecule has 0 aromatic heterocycles. The second-order valence-corrected chi connectivity index (χ2v) is 7.09. The van der Waals surface area contributed by atoms with Gasteiger partial charge in [0, 0.05) is 24.8 Å². The normalized spacial score (nSPS) is 24.3. The predicted octanol–water partition coefficient (Wildman–Crippen LogP) is 1.15. The summed E-state index contributed by atoms with van der Waals surface area (Å²) in [5.41, 5.74) is 2.61. The van der Waals surface area contributed by atoms with Crippen LogP contribution in [0, 0.1) is 5.41 Å². The van der Waals surface area contributed by atoms with Crippen LogP contribution in [0.25, 0.3) is 0 Å². The predicted molar refractivity (Wildman–Crippen MR) is 84.0 cm³/mol. The number of carbonyl (C=O) groups excluding carboxylic acids is 2. The Hall–Kier alpha value is -1.68. The van der Waals surface area contributed by atoms with Crippen molar-refractivity contribution >= 4 is 11.8 Å². The lowest BCUT2D eigenvalue weighted by molar-refractivity contribution is -0.923. The molecule has 2 aliphatic heterocycles. The number of hydrogen-bond acceptors (Lipinski definition) is 2. The molecule has 1 fully saturated rings. The van der Waals surface area contributed by atoms with Crippen molar-refractivity contribution in [2.75, 3.05) is 13.2 Å². The molecule has 1 N–H and O–H groups in total. The number of hydrogen-bond donors (Lipinski definition) is 1. The maximum atomic E-state index is 12.4. The first-order valence-electron chi connectivity index (χ1n) is 8.24. The average Bonchev–Trinajstić information content (AvgIpc) is 2.51. The Morgan fingerprint density at radius 3 is 2.41 bits per heavy atom. The fourth-order valence-corrected chi connectivity index (χ4v) is 3.55. The van der Waals surface area contributed by atoms with Crippen LogP contribution in [0.15, 0.2) is 24.3 Å². The zero-order chi connectivity index (χ0) is 15.7. The van der Waals surface area contributed by atoms with Gasteiger partial charge in [-0.3, -0.25) is 9.59 Å². The van der Waals surface area contributed by atoms with Crippen LogP contribution in [0.2, 0.25) is 0 Å². The number of quaternary nitrogens is 1. The van der Waals surface area contributed by atoms with Crippen molar-refractivity contribution in [3.05, 3.63) is 35.4 Å². The van der Waals surface area contributed by atoms with Crippen LogP contribution in [0.3, 0.4) is 0 Å². The number of likely N-dealkylation sites (tertiary alicyclic amines) is 1. The van der Waals surface area contributed by atoms with E-state index in [1.54, 1.807) is 0 Å². The maximum absolute atomic E-state index is 12.4. The molecule has 0 bridgehead atoms. The van der Waals surface area contributed by atoms with Gasteiger partial charge in [-0.25, -0.2) is 4.90 Å². The lowest BCUT2D eigenvalue weighted by Crippen LogP contribution is -3.13. The number of fused-ring (bicyclic) bond motifs is 1. The van der Waals surface area contributed by atoms with E-state index in [1.165, 1.54) is 20.9 Å². The third kappa shape index (κ3) is 2.93. The Kier molecular flexibility index (Phi) is 4.04. The number of piperidine rings is 1. The van der Waals surface area contributed by atoms with Crippen molar-refractivity contribution in [2.24, 2.45) is 5.41 Å². The lowest BCUT2D eigenvalue weighted by atomic mass is 9.77. The fraction of sp³-hybridized carbons (Fsp3) is 0.556. The smallest absolute Gasteiger partial charge is 0.234 e. The maximum Gasteiger partial charge on any atom is 0.234 e. The van der Waals surface area contributed by atoms with Gasteiger partial charge >= 0.3 is 0 Å². The van der Waals surface area contributed by atoms with E-state index in [1.807, 2.05) is 6.92 Å². The molecular weight excluding hydrogens is 276 g/mol. The van der Waals surface area contributed by atoms with Gasteiger partial charge in [0.05, 0.1) is 6.54 Å². The number of imide groups is 1. The zero-order valence-electron chi connectivity index (χ0n) is 13.5. The van der Waals surface area contributed by atoms with Gasteiger partial charge in [-0.1, -0.05) is 38.1 Å².